The van der Waals surface area contributed by atoms with Crippen LogP contribution in [-0.4, -0.2) is 29.7 Å². The summed E-state index contributed by atoms with van der Waals surface area (Å²) < 4.78 is 0. The molecule has 1 aliphatic rings. The van der Waals surface area contributed by atoms with Gasteiger partial charge in [-0.3, -0.25) is 4.79 Å². The molecule has 4 heteroatoms. The van der Waals surface area contributed by atoms with Crippen LogP contribution >= 0.6 is 0 Å². The summed E-state index contributed by atoms with van der Waals surface area (Å²) in [7, 11) is 0. The number of hydrogen-bond donors (Lipinski definition) is 3. The number of amides is 1. The van der Waals surface area contributed by atoms with Crippen LogP contribution in [0.15, 0.2) is 0 Å². The van der Waals surface area contributed by atoms with E-state index in [0.29, 0.717) is 18.9 Å². The van der Waals surface area contributed by atoms with Gasteiger partial charge in [0.1, 0.15) is 0 Å². The number of nitrogens with one attached hydrogen (secondary N) is 1. The molecule has 0 radical (unpaired) electrons. The van der Waals surface area contributed by atoms with Crippen LogP contribution in [-0.2, 0) is 4.79 Å². The van der Waals surface area contributed by atoms with Crippen LogP contribution in [0.5, 0.6) is 0 Å². The van der Waals surface area contributed by atoms with Crippen LogP contribution in [0.1, 0.15) is 52.4 Å². The minimum Gasteiger partial charge on any atom is -0.396 e. The largest absolute Gasteiger partial charge is 0.396 e. The van der Waals surface area contributed by atoms with E-state index >= 15 is 0 Å². The van der Waals surface area contributed by atoms with Crippen molar-refractivity contribution in [2.75, 3.05) is 13.2 Å². The molecule has 0 aromatic heterocycles. The molecule has 1 rings (SSSR count). The summed E-state index contributed by atoms with van der Waals surface area (Å²) in [5, 5.41) is 12.2. The zero-order valence-corrected chi connectivity index (χ0v) is 11.7. The van der Waals surface area contributed by atoms with E-state index in [1.54, 1.807) is 0 Å². The molecule has 0 aliphatic heterocycles. The average molecular weight is 256 g/mol. The summed E-state index contributed by atoms with van der Waals surface area (Å²) in [5.41, 5.74) is 5.48. The minimum atomic E-state index is -0.289. The fourth-order valence-electron chi connectivity index (χ4n) is 2.80. The molecular weight excluding hydrogens is 228 g/mol. The lowest BCUT2D eigenvalue weighted by atomic mass is 9.78. The van der Waals surface area contributed by atoms with Crippen molar-refractivity contribution >= 4 is 5.91 Å². The van der Waals surface area contributed by atoms with Crippen molar-refractivity contribution in [1.29, 1.82) is 0 Å². The maximum Gasteiger partial charge on any atom is 0.223 e. The van der Waals surface area contributed by atoms with E-state index in [0.717, 1.165) is 25.7 Å². The Hall–Kier alpha value is -0.610. The highest BCUT2D eigenvalue weighted by Gasteiger charge is 2.33. The van der Waals surface area contributed by atoms with Gasteiger partial charge in [0, 0.05) is 18.1 Å². The first kappa shape index (κ1) is 15.4. The number of carbonyl (C=O) groups is 1. The second kappa shape index (κ2) is 7.10. The fraction of sp³-hybridized carbons (Fsp3) is 0.929. The molecule has 4 nitrogen and oxygen atoms in total. The molecular formula is C14H28N2O2. The van der Waals surface area contributed by atoms with E-state index in [9.17, 15) is 4.79 Å². The number of aliphatic hydroxyl groups excluding tert-OH is 1. The normalized spacial score (nSPS) is 27.6. The first-order valence-corrected chi connectivity index (χ1v) is 7.19. The predicted molar refractivity (Wildman–Crippen MR) is 73.0 cm³/mol. The molecule has 1 aliphatic carbocycles. The van der Waals surface area contributed by atoms with Gasteiger partial charge in [0.25, 0.3) is 0 Å². The highest BCUT2D eigenvalue weighted by atomic mass is 16.3. The Morgan fingerprint density at radius 3 is 2.67 bits per heavy atom. The number of nitrogens with two attached hydrogens (primary N) is 1. The standard InChI is InChI=1S/C14H28N2O2/c1-3-14(2,8-9-17)16-13(18)12-7-5-4-6-11(12)10-15/h11-12,17H,3-10,15H2,1-2H3,(H,16,18). The summed E-state index contributed by atoms with van der Waals surface area (Å²) in [5.74, 6) is 0.519. The van der Waals surface area contributed by atoms with Gasteiger partial charge in [-0.15, -0.1) is 0 Å². The van der Waals surface area contributed by atoms with Crippen LogP contribution in [0.3, 0.4) is 0 Å². The van der Waals surface area contributed by atoms with Gasteiger partial charge in [0.2, 0.25) is 5.91 Å². The van der Waals surface area contributed by atoms with Gasteiger partial charge in [-0.05, 0) is 45.1 Å². The zero-order valence-electron chi connectivity index (χ0n) is 11.7. The summed E-state index contributed by atoms with van der Waals surface area (Å²) in [6, 6.07) is 0. The topological polar surface area (TPSA) is 75.3 Å². The van der Waals surface area contributed by atoms with Crippen LogP contribution in [0.2, 0.25) is 0 Å². The third-order valence-corrected chi connectivity index (χ3v) is 4.42. The predicted octanol–water partition coefficient (Wildman–Crippen LogP) is 1.42. The Balaban J connectivity index is 2.62. The molecule has 0 aromatic carbocycles. The molecule has 0 spiro atoms. The maximum atomic E-state index is 12.4. The Labute approximate surface area is 110 Å². The zero-order chi connectivity index (χ0) is 13.6. The van der Waals surface area contributed by atoms with Gasteiger partial charge in [0.15, 0.2) is 0 Å². The van der Waals surface area contributed by atoms with Crippen molar-refractivity contribution in [3.8, 4) is 0 Å². The highest BCUT2D eigenvalue weighted by molar-refractivity contribution is 5.79. The molecule has 1 amide bonds. The lowest BCUT2D eigenvalue weighted by molar-refractivity contribution is -0.129. The molecule has 0 saturated heterocycles. The molecule has 4 N–H and O–H groups in total. The van der Waals surface area contributed by atoms with Crippen molar-refractivity contribution in [3.63, 3.8) is 0 Å². The van der Waals surface area contributed by atoms with Gasteiger partial charge >= 0.3 is 0 Å². The summed E-state index contributed by atoms with van der Waals surface area (Å²) in [6.07, 6.45) is 5.77. The Morgan fingerprint density at radius 2 is 2.11 bits per heavy atom. The molecule has 1 fully saturated rings. The fourth-order valence-corrected chi connectivity index (χ4v) is 2.80. The SMILES string of the molecule is CCC(C)(CCO)NC(=O)C1CCCCC1CN. The minimum absolute atomic E-state index is 0.0633. The van der Waals surface area contributed by atoms with E-state index in [4.69, 9.17) is 10.8 Å². The molecule has 0 aromatic rings. The molecule has 3 atom stereocenters. The number of carbonyl (C=O) groups excluding carboxylic acids is 1. The molecule has 18 heavy (non-hydrogen) atoms. The van der Waals surface area contributed by atoms with Crippen molar-refractivity contribution in [3.05, 3.63) is 0 Å². The van der Waals surface area contributed by atoms with Crippen molar-refractivity contribution in [2.45, 2.75) is 57.9 Å². The van der Waals surface area contributed by atoms with Crippen LogP contribution in [0.25, 0.3) is 0 Å². The van der Waals surface area contributed by atoms with Gasteiger partial charge in [0.05, 0.1) is 0 Å². The van der Waals surface area contributed by atoms with E-state index in [1.807, 2.05) is 13.8 Å². The van der Waals surface area contributed by atoms with E-state index in [2.05, 4.69) is 5.32 Å². The highest BCUT2D eigenvalue weighted by Crippen LogP contribution is 2.30. The van der Waals surface area contributed by atoms with Crippen LogP contribution < -0.4 is 11.1 Å². The van der Waals surface area contributed by atoms with Crippen molar-refractivity contribution in [2.24, 2.45) is 17.6 Å². The smallest absolute Gasteiger partial charge is 0.223 e. The lowest BCUT2D eigenvalue weighted by Crippen LogP contribution is -2.50. The van der Waals surface area contributed by atoms with E-state index in [-0.39, 0.29) is 24.0 Å². The van der Waals surface area contributed by atoms with Gasteiger partial charge in [-0.1, -0.05) is 19.8 Å². The Kier molecular flexibility index (Phi) is 6.09. The third kappa shape index (κ3) is 3.95. The number of aliphatic hydroxyl groups is 1. The second-order valence-corrected chi connectivity index (χ2v) is 5.76. The van der Waals surface area contributed by atoms with Crippen molar-refractivity contribution in [1.82, 2.24) is 5.32 Å². The quantitative estimate of drug-likeness (QED) is 0.673. The van der Waals surface area contributed by atoms with Crippen LogP contribution in [0.4, 0.5) is 0 Å². The van der Waals surface area contributed by atoms with Crippen molar-refractivity contribution < 1.29 is 9.90 Å². The van der Waals surface area contributed by atoms with Gasteiger partial charge in [-0.2, -0.15) is 0 Å². The van der Waals surface area contributed by atoms with E-state index < -0.39 is 0 Å². The number of rotatable bonds is 6. The number of hydrogen-bond acceptors (Lipinski definition) is 3. The molecule has 1 saturated carbocycles. The molecule has 3 unspecified atom stereocenters. The average Bonchev–Trinajstić information content (AvgIpc) is 2.38. The first-order chi connectivity index (χ1) is 8.56. The molecule has 0 bridgehead atoms. The monoisotopic (exact) mass is 256 g/mol. The maximum absolute atomic E-state index is 12.4. The second-order valence-electron chi connectivity index (χ2n) is 5.76. The Morgan fingerprint density at radius 1 is 1.44 bits per heavy atom. The third-order valence-electron chi connectivity index (χ3n) is 4.42. The van der Waals surface area contributed by atoms with Gasteiger partial charge < -0.3 is 16.2 Å². The molecule has 0 heterocycles. The van der Waals surface area contributed by atoms with E-state index in [1.165, 1.54) is 6.42 Å². The lowest BCUT2D eigenvalue weighted by Gasteiger charge is -2.35. The van der Waals surface area contributed by atoms with Gasteiger partial charge in [-0.25, -0.2) is 0 Å². The van der Waals surface area contributed by atoms with Crippen LogP contribution in [0, 0.1) is 11.8 Å². The summed E-state index contributed by atoms with van der Waals surface area (Å²) in [4.78, 5) is 12.4. The summed E-state index contributed by atoms with van der Waals surface area (Å²) in [6.45, 7) is 4.75. The first-order valence-electron chi connectivity index (χ1n) is 7.19. The molecule has 106 valence electrons. The summed E-state index contributed by atoms with van der Waals surface area (Å²) >= 11 is 0. The Bertz CT molecular complexity index is 271.